The lowest BCUT2D eigenvalue weighted by Crippen LogP contribution is -2.12. The number of ether oxygens (including phenoxy) is 1. The first kappa shape index (κ1) is 8.97. The van der Waals surface area contributed by atoms with Gasteiger partial charge in [-0.2, -0.15) is 0 Å². The summed E-state index contributed by atoms with van der Waals surface area (Å²) in [5.74, 6) is -0.0109. The van der Waals surface area contributed by atoms with Crippen molar-refractivity contribution in [2.75, 3.05) is 0 Å². The highest BCUT2D eigenvalue weighted by atomic mass is 16.5. The maximum absolute atomic E-state index is 10.5. The fourth-order valence-electron chi connectivity index (χ4n) is 1.34. The highest BCUT2D eigenvalue weighted by Gasteiger charge is 2.20. The Balaban J connectivity index is 2.31. The Morgan fingerprint density at radius 2 is 2.42 bits per heavy atom. The summed E-state index contributed by atoms with van der Waals surface area (Å²) in [4.78, 5) is 20.7. The molecule has 1 rings (SSSR count). The van der Waals surface area contributed by atoms with Crippen molar-refractivity contribution < 1.29 is 14.3 Å². The monoisotopic (exact) mass is 168 g/mol. The summed E-state index contributed by atoms with van der Waals surface area (Å²) >= 11 is 0. The fourth-order valence-corrected chi connectivity index (χ4v) is 1.34. The number of esters is 1. The van der Waals surface area contributed by atoms with Crippen LogP contribution in [0.5, 0.6) is 0 Å². The van der Waals surface area contributed by atoms with E-state index in [0.717, 1.165) is 12.7 Å². The van der Waals surface area contributed by atoms with E-state index in [1.54, 1.807) is 0 Å². The van der Waals surface area contributed by atoms with Crippen LogP contribution in [-0.4, -0.2) is 18.4 Å². The van der Waals surface area contributed by atoms with Crippen LogP contribution in [0.1, 0.15) is 19.8 Å². The zero-order chi connectivity index (χ0) is 8.97. The van der Waals surface area contributed by atoms with E-state index in [1.165, 1.54) is 6.92 Å². The topological polar surface area (TPSA) is 43.4 Å². The van der Waals surface area contributed by atoms with Gasteiger partial charge in [0.25, 0.3) is 0 Å². The Morgan fingerprint density at radius 3 is 3.00 bits per heavy atom. The number of hydrogen-bond donors (Lipinski definition) is 0. The van der Waals surface area contributed by atoms with Crippen molar-refractivity contribution in [1.29, 1.82) is 0 Å². The molecule has 0 aromatic carbocycles. The van der Waals surface area contributed by atoms with Gasteiger partial charge in [-0.15, -0.1) is 0 Å². The van der Waals surface area contributed by atoms with E-state index in [0.29, 0.717) is 6.42 Å². The molecule has 0 spiro atoms. The van der Waals surface area contributed by atoms with Gasteiger partial charge in [0.1, 0.15) is 12.4 Å². The molecule has 0 aromatic heterocycles. The number of allylic oxidation sites excluding steroid dienone is 1. The Labute approximate surface area is 71.4 Å². The van der Waals surface area contributed by atoms with E-state index < -0.39 is 0 Å². The van der Waals surface area contributed by atoms with Gasteiger partial charge in [-0.3, -0.25) is 4.79 Å². The summed E-state index contributed by atoms with van der Waals surface area (Å²) in [5, 5.41) is 0. The molecule has 1 aliphatic rings. The molecule has 0 unspecified atom stereocenters. The predicted molar refractivity (Wildman–Crippen MR) is 43.5 cm³/mol. The van der Waals surface area contributed by atoms with Crippen molar-refractivity contribution in [2.45, 2.75) is 25.9 Å². The maximum atomic E-state index is 10.5. The van der Waals surface area contributed by atoms with E-state index in [9.17, 15) is 9.59 Å². The second kappa shape index (κ2) is 4.04. The van der Waals surface area contributed by atoms with Crippen molar-refractivity contribution >= 4 is 12.3 Å². The van der Waals surface area contributed by atoms with Gasteiger partial charge >= 0.3 is 5.97 Å². The van der Waals surface area contributed by atoms with E-state index in [-0.39, 0.29) is 18.0 Å². The molecule has 1 aliphatic carbocycles. The second-order valence-corrected chi connectivity index (χ2v) is 2.93. The Hall–Kier alpha value is -1.12. The lowest BCUT2D eigenvalue weighted by atomic mass is 10.1. The van der Waals surface area contributed by atoms with Gasteiger partial charge < -0.3 is 9.53 Å². The molecule has 0 aliphatic heterocycles. The Morgan fingerprint density at radius 1 is 1.67 bits per heavy atom. The third-order valence-electron chi connectivity index (χ3n) is 1.85. The summed E-state index contributed by atoms with van der Waals surface area (Å²) in [6.07, 6.45) is 5.82. The summed E-state index contributed by atoms with van der Waals surface area (Å²) in [6, 6.07) is 0. The maximum Gasteiger partial charge on any atom is 0.303 e. The summed E-state index contributed by atoms with van der Waals surface area (Å²) in [6.45, 7) is 1.39. The SMILES string of the molecule is CC(=O)O[C@H]1C=C[C@@H](CC=O)C1. The van der Waals surface area contributed by atoms with Crippen molar-refractivity contribution in [3.05, 3.63) is 12.2 Å². The highest BCUT2D eigenvalue weighted by molar-refractivity contribution is 5.66. The van der Waals surface area contributed by atoms with Gasteiger partial charge in [0.15, 0.2) is 0 Å². The first-order valence-corrected chi connectivity index (χ1v) is 4.01. The molecule has 0 fully saturated rings. The number of rotatable bonds is 3. The van der Waals surface area contributed by atoms with Crippen LogP contribution in [0.4, 0.5) is 0 Å². The number of carbonyl (C=O) groups is 2. The van der Waals surface area contributed by atoms with E-state index in [2.05, 4.69) is 0 Å². The molecule has 0 saturated carbocycles. The molecule has 0 heterocycles. The van der Waals surface area contributed by atoms with Gasteiger partial charge in [0, 0.05) is 13.3 Å². The fraction of sp³-hybridized carbons (Fsp3) is 0.556. The summed E-state index contributed by atoms with van der Waals surface area (Å²) in [7, 11) is 0. The van der Waals surface area contributed by atoms with Crippen LogP contribution in [0, 0.1) is 5.92 Å². The lowest BCUT2D eigenvalue weighted by molar-refractivity contribution is -0.144. The number of hydrogen-bond acceptors (Lipinski definition) is 3. The van der Waals surface area contributed by atoms with E-state index in [4.69, 9.17) is 4.74 Å². The Bertz CT molecular complexity index is 208. The molecule has 0 N–H and O–H groups in total. The molecule has 0 bridgehead atoms. The van der Waals surface area contributed by atoms with Crippen LogP contribution in [0.3, 0.4) is 0 Å². The molecule has 0 amide bonds. The van der Waals surface area contributed by atoms with Gasteiger partial charge in [-0.05, 0) is 18.4 Å². The molecule has 0 aromatic rings. The smallest absolute Gasteiger partial charge is 0.303 e. The minimum Gasteiger partial charge on any atom is -0.458 e. The van der Waals surface area contributed by atoms with Crippen LogP contribution in [0.2, 0.25) is 0 Å². The molecule has 12 heavy (non-hydrogen) atoms. The van der Waals surface area contributed by atoms with Gasteiger partial charge in [-0.25, -0.2) is 0 Å². The molecule has 3 heteroatoms. The lowest BCUT2D eigenvalue weighted by Gasteiger charge is -2.09. The van der Waals surface area contributed by atoms with Crippen molar-refractivity contribution in [2.24, 2.45) is 5.92 Å². The van der Waals surface area contributed by atoms with E-state index >= 15 is 0 Å². The van der Waals surface area contributed by atoms with Gasteiger partial charge in [0.05, 0.1) is 0 Å². The van der Waals surface area contributed by atoms with Crippen LogP contribution in [0.15, 0.2) is 12.2 Å². The first-order valence-electron chi connectivity index (χ1n) is 4.01. The number of carbonyl (C=O) groups excluding carboxylic acids is 2. The number of aldehydes is 1. The average molecular weight is 168 g/mol. The normalized spacial score (nSPS) is 27.1. The first-order chi connectivity index (χ1) is 5.72. The molecular formula is C9H12O3. The van der Waals surface area contributed by atoms with Gasteiger partial charge in [-0.1, -0.05) is 6.08 Å². The van der Waals surface area contributed by atoms with Crippen LogP contribution in [-0.2, 0) is 14.3 Å². The predicted octanol–water partition coefficient (Wildman–Crippen LogP) is 1.08. The summed E-state index contributed by atoms with van der Waals surface area (Å²) < 4.78 is 4.95. The molecular weight excluding hydrogens is 156 g/mol. The standard InChI is InChI=1S/C9H12O3/c1-7(11)12-9-3-2-8(6-9)4-5-10/h2-3,5,8-9H,4,6H2,1H3/t8-,9-/m0/s1. The van der Waals surface area contributed by atoms with E-state index in [1.807, 2.05) is 12.2 Å². The van der Waals surface area contributed by atoms with Crippen molar-refractivity contribution in [3.8, 4) is 0 Å². The molecule has 0 saturated heterocycles. The Kier molecular flexibility index (Phi) is 3.02. The van der Waals surface area contributed by atoms with Crippen LogP contribution < -0.4 is 0 Å². The van der Waals surface area contributed by atoms with Gasteiger partial charge in [0.2, 0.25) is 0 Å². The second-order valence-electron chi connectivity index (χ2n) is 2.93. The quantitative estimate of drug-likeness (QED) is 0.360. The zero-order valence-electron chi connectivity index (χ0n) is 7.03. The highest BCUT2D eigenvalue weighted by Crippen LogP contribution is 2.22. The third-order valence-corrected chi connectivity index (χ3v) is 1.85. The minimum atomic E-state index is -0.267. The molecule has 3 nitrogen and oxygen atoms in total. The molecule has 0 radical (unpaired) electrons. The summed E-state index contributed by atoms with van der Waals surface area (Å²) in [5.41, 5.74) is 0. The zero-order valence-corrected chi connectivity index (χ0v) is 7.03. The van der Waals surface area contributed by atoms with Crippen LogP contribution >= 0.6 is 0 Å². The minimum absolute atomic E-state index is 0.118. The molecule has 66 valence electrons. The van der Waals surface area contributed by atoms with Crippen LogP contribution in [0.25, 0.3) is 0 Å². The van der Waals surface area contributed by atoms with Crippen molar-refractivity contribution in [1.82, 2.24) is 0 Å². The average Bonchev–Trinajstić information content (AvgIpc) is 2.36. The molecule has 2 atom stereocenters. The largest absolute Gasteiger partial charge is 0.458 e. The third kappa shape index (κ3) is 2.49. The van der Waals surface area contributed by atoms with Crippen molar-refractivity contribution in [3.63, 3.8) is 0 Å².